The lowest BCUT2D eigenvalue weighted by Crippen LogP contribution is -2.25. The summed E-state index contributed by atoms with van der Waals surface area (Å²) in [6.07, 6.45) is 2.18. The van der Waals surface area contributed by atoms with Crippen molar-refractivity contribution in [2.75, 3.05) is 19.8 Å². The van der Waals surface area contributed by atoms with Crippen molar-refractivity contribution in [2.24, 2.45) is 0 Å². The lowest BCUT2D eigenvalue weighted by molar-refractivity contribution is 0.141. The van der Waals surface area contributed by atoms with Gasteiger partial charge in [-0.15, -0.1) is 0 Å². The van der Waals surface area contributed by atoms with Crippen molar-refractivity contribution in [1.29, 1.82) is 0 Å². The number of hydrogen-bond donors (Lipinski definition) is 1. The van der Waals surface area contributed by atoms with Gasteiger partial charge in [0.15, 0.2) is 0 Å². The second-order valence-electron chi connectivity index (χ2n) is 4.18. The molecule has 1 aromatic heterocycles. The van der Waals surface area contributed by atoms with Gasteiger partial charge in [0.05, 0.1) is 5.69 Å². The molecule has 4 nitrogen and oxygen atoms in total. The maximum Gasteiger partial charge on any atom is 0.106 e. The van der Waals surface area contributed by atoms with E-state index in [1.165, 1.54) is 11.4 Å². The summed E-state index contributed by atoms with van der Waals surface area (Å²) in [7, 11) is 0. The summed E-state index contributed by atoms with van der Waals surface area (Å²) in [5.41, 5.74) is 2.66. The van der Waals surface area contributed by atoms with Gasteiger partial charge < -0.3 is 14.6 Å². The van der Waals surface area contributed by atoms with E-state index >= 15 is 0 Å². The number of imidazole rings is 1. The Morgan fingerprint density at radius 3 is 3.19 bits per heavy atom. The van der Waals surface area contributed by atoms with Crippen LogP contribution in [0.25, 0.3) is 0 Å². The van der Waals surface area contributed by atoms with Crippen molar-refractivity contribution in [2.45, 2.75) is 39.8 Å². The molecule has 1 N–H and O–H groups in total. The first-order valence-electron chi connectivity index (χ1n) is 6.16. The van der Waals surface area contributed by atoms with Crippen LogP contribution in [0, 0.1) is 6.92 Å². The van der Waals surface area contributed by atoms with Crippen molar-refractivity contribution in [3.8, 4) is 0 Å². The van der Waals surface area contributed by atoms with Crippen LogP contribution >= 0.6 is 0 Å². The number of rotatable bonds is 5. The molecule has 0 aliphatic carbocycles. The summed E-state index contributed by atoms with van der Waals surface area (Å²) in [5, 5.41) is 3.36. The van der Waals surface area contributed by atoms with Crippen molar-refractivity contribution < 1.29 is 4.74 Å². The van der Waals surface area contributed by atoms with Gasteiger partial charge in [0, 0.05) is 45.0 Å². The highest BCUT2D eigenvalue weighted by Crippen LogP contribution is 2.16. The Bertz CT molecular complexity index is 346. The molecule has 0 radical (unpaired) electrons. The van der Waals surface area contributed by atoms with Crippen LogP contribution in [0.1, 0.15) is 30.6 Å². The molecule has 4 heteroatoms. The van der Waals surface area contributed by atoms with Gasteiger partial charge in [-0.2, -0.15) is 0 Å². The van der Waals surface area contributed by atoms with Crippen molar-refractivity contribution in [1.82, 2.24) is 14.9 Å². The van der Waals surface area contributed by atoms with Gasteiger partial charge in [-0.1, -0.05) is 0 Å². The van der Waals surface area contributed by atoms with Gasteiger partial charge in [0.25, 0.3) is 0 Å². The summed E-state index contributed by atoms with van der Waals surface area (Å²) < 4.78 is 7.73. The third kappa shape index (κ3) is 2.44. The molecule has 0 unspecified atom stereocenters. The lowest BCUT2D eigenvalue weighted by Gasteiger charge is -2.15. The topological polar surface area (TPSA) is 39.1 Å². The molecule has 0 saturated heterocycles. The van der Waals surface area contributed by atoms with Crippen LogP contribution in [0.4, 0.5) is 0 Å². The summed E-state index contributed by atoms with van der Waals surface area (Å²) in [5.74, 6) is 1.14. The molecule has 16 heavy (non-hydrogen) atoms. The fraction of sp³-hybridized carbons (Fsp3) is 0.750. The Balaban J connectivity index is 1.99. The van der Waals surface area contributed by atoms with E-state index in [1.54, 1.807) is 0 Å². The zero-order valence-electron chi connectivity index (χ0n) is 10.3. The zero-order valence-corrected chi connectivity index (χ0v) is 10.3. The molecule has 1 aromatic rings. The van der Waals surface area contributed by atoms with Gasteiger partial charge in [-0.05, 0) is 20.3 Å². The van der Waals surface area contributed by atoms with E-state index in [2.05, 4.69) is 21.8 Å². The number of aryl methyl sites for hydroxylation is 1. The van der Waals surface area contributed by atoms with Crippen LogP contribution < -0.4 is 5.32 Å². The number of hydrogen-bond acceptors (Lipinski definition) is 3. The molecule has 0 fully saturated rings. The molecule has 0 spiro atoms. The van der Waals surface area contributed by atoms with Gasteiger partial charge in [-0.25, -0.2) is 4.98 Å². The van der Waals surface area contributed by atoms with Crippen molar-refractivity contribution in [3.05, 3.63) is 17.2 Å². The van der Waals surface area contributed by atoms with Crippen LogP contribution in [0.5, 0.6) is 0 Å². The van der Waals surface area contributed by atoms with Crippen molar-refractivity contribution in [3.63, 3.8) is 0 Å². The Morgan fingerprint density at radius 1 is 1.50 bits per heavy atom. The van der Waals surface area contributed by atoms with Gasteiger partial charge in [-0.3, -0.25) is 0 Å². The number of nitrogens with zero attached hydrogens (tertiary/aromatic N) is 2. The Kier molecular flexibility index (Phi) is 3.96. The predicted octanol–water partition coefficient (Wildman–Crippen LogP) is 1.26. The minimum atomic E-state index is 0.810. The molecule has 0 aromatic carbocycles. The third-order valence-corrected chi connectivity index (χ3v) is 3.05. The molecule has 1 aliphatic rings. The molecular formula is C12H21N3O. The molecular weight excluding hydrogens is 202 g/mol. The third-order valence-electron chi connectivity index (χ3n) is 3.05. The molecule has 0 amide bonds. The van der Waals surface area contributed by atoms with Crippen LogP contribution in [0.3, 0.4) is 0 Å². The van der Waals surface area contributed by atoms with Crippen LogP contribution in [0.15, 0.2) is 0 Å². The first kappa shape index (κ1) is 11.6. The zero-order chi connectivity index (χ0) is 11.4. The quantitative estimate of drug-likeness (QED) is 0.764. The van der Waals surface area contributed by atoms with E-state index in [1.807, 2.05) is 6.92 Å². The summed E-state index contributed by atoms with van der Waals surface area (Å²) in [6, 6.07) is 0. The van der Waals surface area contributed by atoms with E-state index in [-0.39, 0.29) is 0 Å². The second kappa shape index (κ2) is 5.46. The number of nitrogens with one attached hydrogen (secondary N) is 1. The standard InChI is InChI=1S/C12H21N3O/c1-3-16-8-4-7-15-10(2)14-11-9-13-6-5-12(11)15/h13H,3-9H2,1-2H3. The van der Waals surface area contributed by atoms with E-state index in [4.69, 9.17) is 4.74 Å². The molecule has 0 saturated carbocycles. The average molecular weight is 223 g/mol. The lowest BCUT2D eigenvalue weighted by atomic mass is 10.2. The van der Waals surface area contributed by atoms with E-state index in [0.29, 0.717) is 0 Å². The van der Waals surface area contributed by atoms with Gasteiger partial charge in [0.1, 0.15) is 5.82 Å². The van der Waals surface area contributed by atoms with E-state index in [9.17, 15) is 0 Å². The maximum absolute atomic E-state index is 5.37. The predicted molar refractivity (Wildman–Crippen MR) is 63.5 cm³/mol. The molecule has 0 atom stereocenters. The number of aromatic nitrogens is 2. The number of ether oxygens (including phenoxy) is 1. The molecule has 2 rings (SSSR count). The monoisotopic (exact) mass is 223 g/mol. The molecule has 1 aliphatic heterocycles. The Morgan fingerprint density at radius 2 is 2.38 bits per heavy atom. The Labute approximate surface area is 97.0 Å². The second-order valence-corrected chi connectivity index (χ2v) is 4.18. The fourth-order valence-electron chi connectivity index (χ4n) is 2.27. The summed E-state index contributed by atoms with van der Waals surface area (Å²) >= 11 is 0. The fourth-order valence-corrected chi connectivity index (χ4v) is 2.27. The molecule has 0 bridgehead atoms. The van der Waals surface area contributed by atoms with Gasteiger partial charge >= 0.3 is 0 Å². The normalized spacial score (nSPS) is 15.1. The minimum absolute atomic E-state index is 0.810. The smallest absolute Gasteiger partial charge is 0.106 e. The van der Waals surface area contributed by atoms with Crippen LogP contribution in [0.2, 0.25) is 0 Å². The van der Waals surface area contributed by atoms with Crippen LogP contribution in [-0.2, 0) is 24.2 Å². The first-order valence-corrected chi connectivity index (χ1v) is 6.16. The Hall–Kier alpha value is -0.870. The molecule has 2 heterocycles. The molecule has 90 valence electrons. The highest BCUT2D eigenvalue weighted by molar-refractivity contribution is 5.19. The highest BCUT2D eigenvalue weighted by atomic mass is 16.5. The van der Waals surface area contributed by atoms with Crippen molar-refractivity contribution >= 4 is 0 Å². The summed E-state index contributed by atoms with van der Waals surface area (Å²) in [4.78, 5) is 4.61. The van der Waals surface area contributed by atoms with E-state index in [0.717, 1.165) is 51.5 Å². The number of fused-ring (bicyclic) bond motifs is 1. The SMILES string of the molecule is CCOCCCn1c(C)nc2c1CCNC2. The minimum Gasteiger partial charge on any atom is -0.382 e. The average Bonchev–Trinajstić information content (AvgIpc) is 2.61. The maximum atomic E-state index is 5.37. The van der Waals surface area contributed by atoms with E-state index < -0.39 is 0 Å². The van der Waals surface area contributed by atoms with Crippen LogP contribution in [-0.4, -0.2) is 29.3 Å². The largest absolute Gasteiger partial charge is 0.382 e. The highest BCUT2D eigenvalue weighted by Gasteiger charge is 2.16. The first-order chi connectivity index (χ1) is 7.83. The van der Waals surface area contributed by atoms with Gasteiger partial charge in [0.2, 0.25) is 0 Å². The summed E-state index contributed by atoms with van der Waals surface area (Å²) in [6.45, 7) is 8.83.